The third-order valence-electron chi connectivity index (χ3n) is 3.14. The van der Waals surface area contributed by atoms with Crippen molar-refractivity contribution in [2.45, 2.75) is 12.8 Å². The smallest absolute Gasteiger partial charge is 0.319 e. The Balaban J connectivity index is 1.72. The normalized spacial score (nSPS) is 14.7. The molecule has 3 rings (SSSR count). The molecule has 5 heteroatoms. The summed E-state index contributed by atoms with van der Waals surface area (Å²) in [7, 11) is 0. The maximum atomic E-state index is 11.7. The highest BCUT2D eigenvalue weighted by atomic mass is 79.9. The van der Waals surface area contributed by atoms with E-state index in [-0.39, 0.29) is 6.03 Å². The van der Waals surface area contributed by atoms with Crippen LogP contribution in [0.2, 0.25) is 0 Å². The third kappa shape index (κ3) is 2.51. The number of halogens is 1. The average Bonchev–Trinajstić information content (AvgIpc) is 3.11. The molecule has 0 unspecified atom stereocenters. The number of amides is 2. The van der Waals surface area contributed by atoms with Crippen LogP contribution in [-0.2, 0) is 0 Å². The van der Waals surface area contributed by atoms with E-state index in [1.165, 1.54) is 12.8 Å². The number of hydrogen-bond donors (Lipinski definition) is 3. The highest BCUT2D eigenvalue weighted by Gasteiger charge is 2.21. The van der Waals surface area contributed by atoms with Gasteiger partial charge in [-0.25, -0.2) is 4.79 Å². The molecule has 18 heavy (non-hydrogen) atoms. The van der Waals surface area contributed by atoms with Crippen LogP contribution in [0.25, 0.3) is 10.9 Å². The second kappa shape index (κ2) is 4.65. The van der Waals surface area contributed by atoms with Crippen molar-refractivity contribution < 1.29 is 4.79 Å². The monoisotopic (exact) mass is 307 g/mol. The number of H-pyrrole nitrogens is 1. The molecule has 1 aromatic carbocycles. The van der Waals surface area contributed by atoms with Crippen LogP contribution in [0.3, 0.4) is 0 Å². The zero-order valence-electron chi connectivity index (χ0n) is 9.79. The molecule has 0 radical (unpaired) electrons. The van der Waals surface area contributed by atoms with Crippen molar-refractivity contribution in [3.8, 4) is 0 Å². The molecule has 0 spiro atoms. The standard InChI is InChI=1S/C13H14BrN3O/c14-9-3-4-11-10(5-9)12(7-15-11)17-13(18)16-6-8-1-2-8/h3-5,7-8,15H,1-2,6H2,(H2,16,17,18). The average molecular weight is 308 g/mol. The second-order valence-corrected chi connectivity index (χ2v) is 5.59. The number of carbonyl (C=O) groups excluding carboxylic acids is 1. The molecule has 94 valence electrons. The molecule has 1 fully saturated rings. The van der Waals surface area contributed by atoms with Gasteiger partial charge in [0.25, 0.3) is 0 Å². The van der Waals surface area contributed by atoms with Crippen LogP contribution in [0.1, 0.15) is 12.8 Å². The van der Waals surface area contributed by atoms with E-state index < -0.39 is 0 Å². The Kier molecular flexibility index (Phi) is 2.99. The summed E-state index contributed by atoms with van der Waals surface area (Å²) in [4.78, 5) is 14.9. The molecule has 0 bridgehead atoms. The zero-order valence-corrected chi connectivity index (χ0v) is 11.4. The summed E-state index contributed by atoms with van der Waals surface area (Å²) in [6, 6.07) is 5.80. The quantitative estimate of drug-likeness (QED) is 0.799. The van der Waals surface area contributed by atoms with Gasteiger partial charge < -0.3 is 15.6 Å². The number of carbonyl (C=O) groups is 1. The molecule has 3 N–H and O–H groups in total. The van der Waals surface area contributed by atoms with Gasteiger partial charge in [-0.2, -0.15) is 0 Å². The van der Waals surface area contributed by atoms with Crippen molar-refractivity contribution in [1.29, 1.82) is 0 Å². The van der Waals surface area contributed by atoms with E-state index in [1.807, 2.05) is 24.4 Å². The number of nitrogens with one attached hydrogen (secondary N) is 3. The van der Waals surface area contributed by atoms with Crippen LogP contribution in [0.15, 0.2) is 28.9 Å². The van der Waals surface area contributed by atoms with Crippen LogP contribution in [0, 0.1) is 5.92 Å². The number of urea groups is 1. The maximum absolute atomic E-state index is 11.7. The van der Waals surface area contributed by atoms with Gasteiger partial charge in [0, 0.05) is 28.1 Å². The lowest BCUT2D eigenvalue weighted by Crippen LogP contribution is -2.30. The molecule has 1 aliphatic rings. The van der Waals surface area contributed by atoms with Crippen LogP contribution < -0.4 is 10.6 Å². The summed E-state index contributed by atoms with van der Waals surface area (Å²) in [6.45, 7) is 0.776. The second-order valence-electron chi connectivity index (χ2n) is 4.67. The first kappa shape index (κ1) is 11.6. The molecule has 0 saturated heterocycles. The zero-order chi connectivity index (χ0) is 12.5. The van der Waals surface area contributed by atoms with E-state index in [4.69, 9.17) is 0 Å². The van der Waals surface area contributed by atoms with Crippen LogP contribution in [0.4, 0.5) is 10.5 Å². The molecule has 1 aromatic heterocycles. The van der Waals surface area contributed by atoms with E-state index in [9.17, 15) is 4.79 Å². The van der Waals surface area contributed by atoms with Crippen LogP contribution in [-0.4, -0.2) is 17.6 Å². The predicted molar refractivity (Wildman–Crippen MR) is 75.7 cm³/mol. The van der Waals surface area contributed by atoms with Crippen LogP contribution in [0.5, 0.6) is 0 Å². The van der Waals surface area contributed by atoms with Gasteiger partial charge in [0.05, 0.1) is 5.69 Å². The molecular formula is C13H14BrN3O. The topological polar surface area (TPSA) is 56.9 Å². The van der Waals surface area contributed by atoms with Crippen LogP contribution >= 0.6 is 15.9 Å². The largest absolute Gasteiger partial charge is 0.359 e. The molecule has 2 aromatic rings. The van der Waals surface area contributed by atoms with Gasteiger partial charge in [-0.3, -0.25) is 0 Å². The van der Waals surface area contributed by atoms with Crippen molar-refractivity contribution in [2.75, 3.05) is 11.9 Å². The Hall–Kier alpha value is -1.49. The van der Waals surface area contributed by atoms with Crippen molar-refractivity contribution >= 4 is 38.6 Å². The summed E-state index contributed by atoms with van der Waals surface area (Å²) in [5, 5.41) is 6.77. The van der Waals surface area contributed by atoms with E-state index in [0.29, 0.717) is 5.92 Å². The first-order valence-corrected chi connectivity index (χ1v) is 6.83. The Morgan fingerprint density at radius 3 is 3.06 bits per heavy atom. The number of rotatable bonds is 3. The van der Waals surface area contributed by atoms with E-state index in [1.54, 1.807) is 0 Å². The summed E-state index contributed by atoms with van der Waals surface area (Å²) < 4.78 is 0.996. The molecule has 2 amide bonds. The van der Waals surface area contributed by atoms with Gasteiger partial charge in [0.15, 0.2) is 0 Å². The van der Waals surface area contributed by atoms with Gasteiger partial charge in [-0.05, 0) is 37.0 Å². The van der Waals surface area contributed by atoms with Gasteiger partial charge >= 0.3 is 6.03 Å². The minimum atomic E-state index is -0.136. The number of benzene rings is 1. The Labute approximate surface area is 113 Å². The number of aromatic nitrogens is 1. The van der Waals surface area contributed by atoms with Crippen molar-refractivity contribution in [3.63, 3.8) is 0 Å². The highest BCUT2D eigenvalue weighted by Crippen LogP contribution is 2.28. The first-order chi connectivity index (χ1) is 8.72. The molecule has 0 aliphatic heterocycles. The SMILES string of the molecule is O=C(NCC1CC1)Nc1c[nH]c2ccc(Br)cc12. The summed E-state index contributed by atoms with van der Waals surface area (Å²) in [5.74, 6) is 0.688. The van der Waals surface area contributed by atoms with E-state index >= 15 is 0 Å². The lowest BCUT2D eigenvalue weighted by atomic mass is 10.2. The lowest BCUT2D eigenvalue weighted by Gasteiger charge is -2.05. The maximum Gasteiger partial charge on any atom is 0.319 e. The number of aromatic amines is 1. The predicted octanol–water partition coefficient (Wildman–Crippen LogP) is 3.46. The number of hydrogen-bond acceptors (Lipinski definition) is 1. The Morgan fingerprint density at radius 2 is 2.28 bits per heavy atom. The molecule has 0 atom stereocenters. The molecular weight excluding hydrogens is 294 g/mol. The number of fused-ring (bicyclic) bond motifs is 1. The fraction of sp³-hybridized carbons (Fsp3) is 0.308. The minimum absolute atomic E-state index is 0.136. The molecule has 1 saturated carbocycles. The van der Waals surface area contributed by atoms with Gasteiger partial charge in [-0.1, -0.05) is 15.9 Å². The van der Waals surface area contributed by atoms with Gasteiger partial charge in [0.2, 0.25) is 0 Å². The van der Waals surface area contributed by atoms with Crippen molar-refractivity contribution in [1.82, 2.24) is 10.3 Å². The van der Waals surface area contributed by atoms with Crippen molar-refractivity contribution in [2.24, 2.45) is 5.92 Å². The first-order valence-electron chi connectivity index (χ1n) is 6.04. The summed E-state index contributed by atoms with van der Waals surface area (Å²) in [6.07, 6.45) is 4.29. The van der Waals surface area contributed by atoms with Crippen molar-refractivity contribution in [3.05, 3.63) is 28.9 Å². The molecule has 1 heterocycles. The van der Waals surface area contributed by atoms with Gasteiger partial charge in [0.1, 0.15) is 0 Å². The highest BCUT2D eigenvalue weighted by molar-refractivity contribution is 9.10. The van der Waals surface area contributed by atoms with E-state index in [2.05, 4.69) is 31.5 Å². The third-order valence-corrected chi connectivity index (χ3v) is 3.63. The fourth-order valence-corrected chi connectivity index (χ4v) is 2.28. The Morgan fingerprint density at radius 1 is 1.44 bits per heavy atom. The fourth-order valence-electron chi connectivity index (χ4n) is 1.92. The Bertz CT molecular complexity index is 589. The lowest BCUT2D eigenvalue weighted by molar-refractivity contribution is 0.251. The molecule has 4 nitrogen and oxygen atoms in total. The summed E-state index contributed by atoms with van der Waals surface area (Å²) in [5.41, 5.74) is 1.82. The summed E-state index contributed by atoms with van der Waals surface area (Å²) >= 11 is 3.43. The van der Waals surface area contributed by atoms with Gasteiger partial charge in [-0.15, -0.1) is 0 Å². The number of anilines is 1. The van der Waals surface area contributed by atoms with E-state index in [0.717, 1.165) is 27.6 Å². The molecule has 1 aliphatic carbocycles. The minimum Gasteiger partial charge on any atom is -0.359 e.